The number of fused-ring (bicyclic) bond motifs is 1. The fourth-order valence-electron chi connectivity index (χ4n) is 2.41. The molecule has 0 spiro atoms. The average molecular weight is 305 g/mol. The summed E-state index contributed by atoms with van der Waals surface area (Å²) in [5.74, 6) is 3.12. The summed E-state index contributed by atoms with van der Waals surface area (Å²) in [5, 5.41) is 6.68. The maximum Gasteiger partial charge on any atom is 0.191 e. The Morgan fingerprint density at radius 2 is 1.95 bits per heavy atom. The Balaban J connectivity index is 1.77. The number of nitrogens with one attached hydrogen (secondary N) is 2. The van der Waals surface area contributed by atoms with Crippen molar-refractivity contribution in [1.29, 1.82) is 0 Å². The van der Waals surface area contributed by atoms with Gasteiger partial charge in [0.1, 0.15) is 12.7 Å². The molecule has 2 rings (SSSR count). The van der Waals surface area contributed by atoms with E-state index < -0.39 is 0 Å². The highest BCUT2D eigenvalue weighted by atomic mass is 16.6. The van der Waals surface area contributed by atoms with E-state index in [1.54, 1.807) is 7.05 Å². The van der Waals surface area contributed by atoms with Crippen LogP contribution < -0.4 is 20.1 Å². The zero-order valence-electron chi connectivity index (χ0n) is 13.8. The third-order valence-corrected chi connectivity index (χ3v) is 4.00. The van der Waals surface area contributed by atoms with Gasteiger partial charge in [-0.1, -0.05) is 38.8 Å². The summed E-state index contributed by atoms with van der Waals surface area (Å²) in [4.78, 5) is 4.26. The van der Waals surface area contributed by atoms with Crippen LogP contribution in [0.4, 0.5) is 0 Å². The lowest BCUT2D eigenvalue weighted by Crippen LogP contribution is -2.46. The fraction of sp³-hybridized carbons (Fsp3) is 0.588. The minimum atomic E-state index is -0.0124. The van der Waals surface area contributed by atoms with Gasteiger partial charge in [-0.3, -0.25) is 4.99 Å². The van der Waals surface area contributed by atoms with Crippen LogP contribution in [0.1, 0.15) is 26.7 Å². The molecule has 1 atom stereocenters. The molecule has 0 aromatic heterocycles. The van der Waals surface area contributed by atoms with Crippen molar-refractivity contribution in [1.82, 2.24) is 10.6 Å². The first-order valence-electron chi connectivity index (χ1n) is 8.09. The van der Waals surface area contributed by atoms with E-state index in [1.165, 1.54) is 12.8 Å². The van der Waals surface area contributed by atoms with E-state index >= 15 is 0 Å². The largest absolute Gasteiger partial charge is 0.486 e. The molecule has 5 heteroatoms. The number of nitrogens with zero attached hydrogens (tertiary/aromatic N) is 1. The molecule has 5 nitrogen and oxygen atoms in total. The molecule has 0 bridgehead atoms. The first kappa shape index (κ1) is 16.5. The van der Waals surface area contributed by atoms with Crippen molar-refractivity contribution in [2.45, 2.75) is 32.8 Å². The molecule has 0 fully saturated rings. The van der Waals surface area contributed by atoms with E-state index in [2.05, 4.69) is 29.5 Å². The highest BCUT2D eigenvalue weighted by molar-refractivity contribution is 5.79. The van der Waals surface area contributed by atoms with Crippen LogP contribution in [-0.4, -0.2) is 38.8 Å². The van der Waals surface area contributed by atoms with Gasteiger partial charge in [-0.15, -0.1) is 0 Å². The zero-order chi connectivity index (χ0) is 15.8. The molecule has 0 radical (unpaired) electrons. The Labute approximate surface area is 133 Å². The van der Waals surface area contributed by atoms with Crippen molar-refractivity contribution in [2.24, 2.45) is 10.9 Å². The van der Waals surface area contributed by atoms with E-state index in [9.17, 15) is 0 Å². The number of aliphatic imine (C=N–C) groups is 1. The van der Waals surface area contributed by atoms with E-state index in [0.717, 1.165) is 24.0 Å². The maximum atomic E-state index is 5.92. The van der Waals surface area contributed by atoms with Crippen LogP contribution >= 0.6 is 0 Å². The quantitative estimate of drug-likeness (QED) is 0.626. The van der Waals surface area contributed by atoms with E-state index in [1.807, 2.05) is 24.3 Å². The molecule has 0 saturated carbocycles. The number of hydrogen-bond acceptors (Lipinski definition) is 3. The highest BCUT2D eigenvalue weighted by Crippen LogP contribution is 2.30. The van der Waals surface area contributed by atoms with Gasteiger partial charge in [0.2, 0.25) is 0 Å². The number of benzene rings is 1. The fourth-order valence-corrected chi connectivity index (χ4v) is 2.41. The third-order valence-electron chi connectivity index (χ3n) is 4.00. The van der Waals surface area contributed by atoms with Crippen molar-refractivity contribution in [3.63, 3.8) is 0 Å². The molecule has 0 amide bonds. The lowest BCUT2D eigenvalue weighted by Gasteiger charge is -2.27. The molecule has 1 unspecified atom stereocenters. The summed E-state index contributed by atoms with van der Waals surface area (Å²) in [6.45, 7) is 6.59. The molecule has 1 aromatic rings. The van der Waals surface area contributed by atoms with Crippen LogP contribution in [0.5, 0.6) is 11.5 Å². The average Bonchev–Trinajstić information content (AvgIpc) is 2.58. The molecule has 1 aromatic carbocycles. The van der Waals surface area contributed by atoms with E-state index in [4.69, 9.17) is 9.47 Å². The first-order chi connectivity index (χ1) is 10.8. The molecule has 1 aliphatic heterocycles. The summed E-state index contributed by atoms with van der Waals surface area (Å²) in [6, 6.07) is 7.76. The second-order valence-corrected chi connectivity index (χ2v) is 5.51. The second kappa shape index (κ2) is 8.51. The summed E-state index contributed by atoms with van der Waals surface area (Å²) in [5.41, 5.74) is 0. The van der Waals surface area contributed by atoms with Crippen LogP contribution in [0, 0.1) is 5.92 Å². The molecule has 22 heavy (non-hydrogen) atoms. The monoisotopic (exact) mass is 305 g/mol. The van der Waals surface area contributed by atoms with Crippen molar-refractivity contribution in [2.75, 3.05) is 26.7 Å². The Morgan fingerprint density at radius 3 is 2.64 bits per heavy atom. The lowest BCUT2D eigenvalue weighted by molar-refractivity contribution is 0.0936. The first-order valence-corrected chi connectivity index (χ1v) is 8.09. The normalized spacial score (nSPS) is 17.5. The zero-order valence-corrected chi connectivity index (χ0v) is 13.8. The van der Waals surface area contributed by atoms with Gasteiger partial charge in [0.15, 0.2) is 17.5 Å². The number of guanidine groups is 1. The van der Waals surface area contributed by atoms with Gasteiger partial charge in [0.25, 0.3) is 0 Å². The summed E-state index contributed by atoms with van der Waals surface area (Å²) in [7, 11) is 1.79. The van der Waals surface area contributed by atoms with Crippen LogP contribution in [0.15, 0.2) is 29.3 Å². The summed E-state index contributed by atoms with van der Waals surface area (Å²) < 4.78 is 11.6. The standard InChI is InChI=1S/C17H27N3O2/c1-4-13(5-2)10-19-17(18-3)20-11-14-12-21-15-8-6-7-9-16(15)22-14/h6-9,13-14H,4-5,10-12H2,1-3H3,(H2,18,19,20). The predicted molar refractivity (Wildman–Crippen MR) is 89.8 cm³/mol. The van der Waals surface area contributed by atoms with Crippen molar-refractivity contribution in [3.8, 4) is 11.5 Å². The molecular weight excluding hydrogens is 278 g/mol. The molecule has 2 N–H and O–H groups in total. The number of ether oxygens (including phenoxy) is 2. The Kier molecular flexibility index (Phi) is 6.37. The number of rotatable bonds is 6. The molecular formula is C17H27N3O2. The second-order valence-electron chi connectivity index (χ2n) is 5.51. The van der Waals surface area contributed by atoms with E-state index in [0.29, 0.717) is 19.1 Å². The number of para-hydroxylation sites is 2. The van der Waals surface area contributed by atoms with Gasteiger partial charge >= 0.3 is 0 Å². The van der Waals surface area contributed by atoms with Crippen molar-refractivity contribution < 1.29 is 9.47 Å². The van der Waals surface area contributed by atoms with Crippen LogP contribution in [-0.2, 0) is 0 Å². The van der Waals surface area contributed by atoms with Crippen LogP contribution in [0.2, 0.25) is 0 Å². The minimum absolute atomic E-state index is 0.0124. The summed E-state index contributed by atoms with van der Waals surface area (Å²) in [6.07, 6.45) is 2.34. The maximum absolute atomic E-state index is 5.92. The van der Waals surface area contributed by atoms with Crippen LogP contribution in [0.25, 0.3) is 0 Å². The lowest BCUT2D eigenvalue weighted by atomic mass is 10.0. The predicted octanol–water partition coefficient (Wildman–Crippen LogP) is 2.43. The van der Waals surface area contributed by atoms with Crippen molar-refractivity contribution in [3.05, 3.63) is 24.3 Å². The molecule has 0 aliphatic carbocycles. The molecule has 1 heterocycles. The van der Waals surface area contributed by atoms with Gasteiger partial charge in [-0.2, -0.15) is 0 Å². The van der Waals surface area contributed by atoms with Crippen LogP contribution in [0.3, 0.4) is 0 Å². The smallest absolute Gasteiger partial charge is 0.191 e. The number of hydrogen-bond donors (Lipinski definition) is 2. The molecule has 0 saturated heterocycles. The van der Waals surface area contributed by atoms with Gasteiger partial charge in [0.05, 0.1) is 6.54 Å². The SMILES string of the molecule is CCC(CC)CNC(=NC)NCC1COc2ccccc2O1. The minimum Gasteiger partial charge on any atom is -0.486 e. The highest BCUT2D eigenvalue weighted by Gasteiger charge is 2.20. The Hall–Kier alpha value is -1.91. The molecule has 1 aliphatic rings. The summed E-state index contributed by atoms with van der Waals surface area (Å²) >= 11 is 0. The van der Waals surface area contributed by atoms with E-state index in [-0.39, 0.29) is 6.10 Å². The van der Waals surface area contributed by atoms with Gasteiger partial charge in [0, 0.05) is 13.6 Å². The Bertz CT molecular complexity index is 487. The van der Waals surface area contributed by atoms with Gasteiger partial charge < -0.3 is 20.1 Å². The van der Waals surface area contributed by atoms with Crippen molar-refractivity contribution >= 4 is 5.96 Å². The molecule has 122 valence electrons. The topological polar surface area (TPSA) is 54.9 Å². The van der Waals surface area contributed by atoms with Gasteiger partial charge in [-0.25, -0.2) is 0 Å². The Morgan fingerprint density at radius 1 is 1.23 bits per heavy atom. The van der Waals surface area contributed by atoms with Gasteiger partial charge in [-0.05, 0) is 18.1 Å². The third kappa shape index (κ3) is 4.55.